The highest BCUT2D eigenvalue weighted by Gasteiger charge is 2.08. The number of rotatable bonds is 2. The molecule has 1 aromatic heterocycles. The van der Waals surface area contributed by atoms with E-state index in [4.69, 9.17) is 5.84 Å². The number of nitrogens with one attached hydrogen (secondary N) is 1. The molecule has 2 rings (SSSR count). The van der Waals surface area contributed by atoms with Crippen LogP contribution < -0.4 is 11.3 Å². The van der Waals surface area contributed by atoms with Gasteiger partial charge in [0.2, 0.25) is 5.91 Å². The number of hydrazine groups is 1. The van der Waals surface area contributed by atoms with Crippen molar-refractivity contribution in [2.24, 2.45) is 12.9 Å². The molecule has 1 aromatic carbocycles. The highest BCUT2D eigenvalue weighted by molar-refractivity contribution is 5.84. The van der Waals surface area contributed by atoms with Crippen LogP contribution in [0.5, 0.6) is 0 Å². The first kappa shape index (κ1) is 9.73. The Morgan fingerprint density at radius 1 is 1.47 bits per heavy atom. The summed E-state index contributed by atoms with van der Waals surface area (Å²) in [5, 5.41) is 1.14. The van der Waals surface area contributed by atoms with Crippen molar-refractivity contribution in [2.75, 3.05) is 0 Å². The highest BCUT2D eigenvalue weighted by atomic mass is 16.2. The summed E-state index contributed by atoms with van der Waals surface area (Å²) in [5.74, 6) is 4.88. The van der Waals surface area contributed by atoms with Crippen LogP contribution in [0.25, 0.3) is 10.9 Å². The molecule has 1 amide bonds. The minimum Gasteiger partial charge on any atom is -0.347 e. The summed E-state index contributed by atoms with van der Waals surface area (Å²) in [7, 11) is 1.95. The molecule has 78 valence electrons. The molecule has 0 radical (unpaired) electrons. The second-order valence-corrected chi connectivity index (χ2v) is 3.50. The lowest BCUT2D eigenvalue weighted by Gasteiger charge is -2.02. The van der Waals surface area contributed by atoms with Crippen LogP contribution in [-0.4, -0.2) is 10.5 Å². The van der Waals surface area contributed by atoms with E-state index in [2.05, 4.69) is 5.43 Å². The standard InChI is InChI=1S/C11H13N3O/c1-14-9(7-11(15)13-12)6-8-4-2-3-5-10(8)14/h2-6H,7,12H2,1H3,(H,13,15). The lowest BCUT2D eigenvalue weighted by Crippen LogP contribution is -2.31. The van der Waals surface area contributed by atoms with Gasteiger partial charge in [-0.2, -0.15) is 0 Å². The van der Waals surface area contributed by atoms with Crippen molar-refractivity contribution in [3.8, 4) is 0 Å². The van der Waals surface area contributed by atoms with Crippen LogP contribution in [0.2, 0.25) is 0 Å². The monoisotopic (exact) mass is 203 g/mol. The van der Waals surface area contributed by atoms with Gasteiger partial charge in [0.25, 0.3) is 0 Å². The molecular formula is C11H13N3O. The molecule has 0 aliphatic rings. The van der Waals surface area contributed by atoms with Crippen molar-refractivity contribution in [2.45, 2.75) is 6.42 Å². The Kier molecular flexibility index (Phi) is 2.43. The number of aromatic nitrogens is 1. The summed E-state index contributed by atoms with van der Waals surface area (Å²) >= 11 is 0. The van der Waals surface area contributed by atoms with Gasteiger partial charge in [0.1, 0.15) is 0 Å². The zero-order valence-corrected chi connectivity index (χ0v) is 8.53. The first-order valence-corrected chi connectivity index (χ1v) is 4.75. The molecule has 1 heterocycles. The average molecular weight is 203 g/mol. The molecule has 0 saturated heterocycles. The molecule has 4 heteroatoms. The molecule has 0 fully saturated rings. The highest BCUT2D eigenvalue weighted by Crippen LogP contribution is 2.18. The molecule has 4 nitrogen and oxygen atoms in total. The second-order valence-electron chi connectivity index (χ2n) is 3.50. The molecule has 0 aliphatic heterocycles. The van der Waals surface area contributed by atoms with Gasteiger partial charge >= 0.3 is 0 Å². The van der Waals surface area contributed by atoms with Gasteiger partial charge in [-0.1, -0.05) is 18.2 Å². The molecular weight excluding hydrogens is 190 g/mol. The normalized spacial score (nSPS) is 10.5. The quantitative estimate of drug-likeness (QED) is 0.429. The van der Waals surface area contributed by atoms with Gasteiger partial charge < -0.3 is 4.57 Å². The zero-order valence-electron chi connectivity index (χ0n) is 8.53. The van der Waals surface area contributed by atoms with Gasteiger partial charge in [0, 0.05) is 18.3 Å². The molecule has 0 bridgehead atoms. The fraction of sp³-hybridized carbons (Fsp3) is 0.182. The van der Waals surface area contributed by atoms with Crippen molar-refractivity contribution in [1.29, 1.82) is 0 Å². The Morgan fingerprint density at radius 2 is 2.20 bits per heavy atom. The van der Waals surface area contributed by atoms with Crippen molar-refractivity contribution in [3.05, 3.63) is 36.0 Å². The van der Waals surface area contributed by atoms with E-state index >= 15 is 0 Å². The second kappa shape index (κ2) is 3.74. The Hall–Kier alpha value is -1.81. The van der Waals surface area contributed by atoms with Crippen molar-refractivity contribution in [1.82, 2.24) is 9.99 Å². The lowest BCUT2D eigenvalue weighted by molar-refractivity contribution is -0.120. The van der Waals surface area contributed by atoms with E-state index in [0.717, 1.165) is 16.6 Å². The number of amides is 1. The van der Waals surface area contributed by atoms with Crippen LogP contribution in [0, 0.1) is 0 Å². The summed E-state index contributed by atoms with van der Waals surface area (Å²) in [6, 6.07) is 10.0. The zero-order chi connectivity index (χ0) is 10.8. The van der Waals surface area contributed by atoms with E-state index in [0.29, 0.717) is 6.42 Å². The van der Waals surface area contributed by atoms with Crippen LogP contribution in [0.3, 0.4) is 0 Å². The number of para-hydroxylation sites is 1. The Morgan fingerprint density at radius 3 is 2.87 bits per heavy atom. The van der Waals surface area contributed by atoms with E-state index in [9.17, 15) is 4.79 Å². The van der Waals surface area contributed by atoms with Crippen LogP contribution in [-0.2, 0) is 18.3 Å². The Balaban J connectivity index is 2.44. The molecule has 0 saturated carbocycles. The van der Waals surface area contributed by atoms with Crippen molar-refractivity contribution in [3.63, 3.8) is 0 Å². The number of hydrogen-bond donors (Lipinski definition) is 2. The molecule has 3 N–H and O–H groups in total. The van der Waals surface area contributed by atoms with Gasteiger partial charge in [-0.25, -0.2) is 5.84 Å². The van der Waals surface area contributed by atoms with Gasteiger partial charge in [-0.05, 0) is 17.5 Å². The molecule has 0 aliphatic carbocycles. The van der Waals surface area contributed by atoms with Crippen molar-refractivity contribution < 1.29 is 4.79 Å². The predicted molar refractivity (Wildman–Crippen MR) is 59.0 cm³/mol. The lowest BCUT2D eigenvalue weighted by atomic mass is 10.2. The first-order chi connectivity index (χ1) is 7.22. The van der Waals surface area contributed by atoms with Gasteiger partial charge in [-0.15, -0.1) is 0 Å². The van der Waals surface area contributed by atoms with Crippen molar-refractivity contribution >= 4 is 16.8 Å². The van der Waals surface area contributed by atoms with Gasteiger partial charge in [0.05, 0.1) is 6.42 Å². The number of hydrogen-bond acceptors (Lipinski definition) is 2. The first-order valence-electron chi connectivity index (χ1n) is 4.75. The van der Waals surface area contributed by atoms with E-state index in [1.54, 1.807) is 0 Å². The van der Waals surface area contributed by atoms with Crippen LogP contribution in [0.4, 0.5) is 0 Å². The molecule has 15 heavy (non-hydrogen) atoms. The third-order valence-corrected chi connectivity index (χ3v) is 2.55. The summed E-state index contributed by atoms with van der Waals surface area (Å²) < 4.78 is 2.00. The summed E-state index contributed by atoms with van der Waals surface area (Å²) in [5.41, 5.74) is 4.21. The minimum atomic E-state index is -0.180. The van der Waals surface area contributed by atoms with E-state index in [1.165, 1.54) is 0 Å². The third-order valence-electron chi connectivity index (χ3n) is 2.55. The molecule has 2 aromatic rings. The van der Waals surface area contributed by atoms with Crippen LogP contribution in [0.1, 0.15) is 5.69 Å². The maximum atomic E-state index is 11.2. The summed E-state index contributed by atoms with van der Waals surface area (Å²) in [4.78, 5) is 11.2. The number of nitrogens with zero attached hydrogens (tertiary/aromatic N) is 1. The van der Waals surface area contributed by atoms with E-state index < -0.39 is 0 Å². The van der Waals surface area contributed by atoms with Gasteiger partial charge in [-0.3, -0.25) is 10.2 Å². The largest absolute Gasteiger partial charge is 0.347 e. The molecule has 0 unspecified atom stereocenters. The average Bonchev–Trinajstić information content (AvgIpc) is 2.57. The van der Waals surface area contributed by atoms with E-state index in [1.807, 2.05) is 41.9 Å². The smallest absolute Gasteiger partial charge is 0.239 e. The van der Waals surface area contributed by atoms with Gasteiger partial charge in [0.15, 0.2) is 0 Å². The molecule has 0 atom stereocenters. The van der Waals surface area contributed by atoms with E-state index in [-0.39, 0.29) is 5.91 Å². The fourth-order valence-corrected chi connectivity index (χ4v) is 1.73. The summed E-state index contributed by atoms with van der Waals surface area (Å²) in [6.07, 6.45) is 0.307. The number of carbonyl (C=O) groups excluding carboxylic acids is 1. The number of carbonyl (C=O) groups is 1. The predicted octanol–water partition coefficient (Wildman–Crippen LogP) is 0.711. The number of benzene rings is 1. The Bertz CT molecular complexity index is 502. The summed E-state index contributed by atoms with van der Waals surface area (Å²) in [6.45, 7) is 0. The minimum absolute atomic E-state index is 0.180. The SMILES string of the molecule is Cn1c(CC(=O)NN)cc2ccccc21. The maximum absolute atomic E-state index is 11.2. The van der Waals surface area contributed by atoms with Crippen LogP contribution in [0.15, 0.2) is 30.3 Å². The fourth-order valence-electron chi connectivity index (χ4n) is 1.73. The number of fused-ring (bicyclic) bond motifs is 1. The topological polar surface area (TPSA) is 60.0 Å². The Labute approximate surface area is 87.6 Å². The third kappa shape index (κ3) is 1.71. The maximum Gasteiger partial charge on any atom is 0.239 e. The number of nitrogens with two attached hydrogens (primary N) is 1. The van der Waals surface area contributed by atoms with Crippen LogP contribution >= 0.6 is 0 Å². The number of aryl methyl sites for hydroxylation is 1. The molecule has 0 spiro atoms.